The highest BCUT2D eigenvalue weighted by molar-refractivity contribution is 7.84. The minimum atomic E-state index is -1.13. The van der Waals surface area contributed by atoms with Gasteiger partial charge >= 0.3 is 12.0 Å². The van der Waals surface area contributed by atoms with E-state index >= 15 is 0 Å². The van der Waals surface area contributed by atoms with Gasteiger partial charge in [-0.2, -0.15) is 0 Å². The predicted octanol–water partition coefficient (Wildman–Crippen LogP) is 0.450. The number of hydrogen-bond acceptors (Lipinski definition) is 3. The summed E-state index contributed by atoms with van der Waals surface area (Å²) in [5.74, 6) is -0.984. The van der Waals surface area contributed by atoms with Crippen LogP contribution >= 0.6 is 0 Å². The van der Waals surface area contributed by atoms with Gasteiger partial charge in [0.25, 0.3) is 0 Å². The molecule has 0 heterocycles. The minimum absolute atomic E-state index is 0.153. The first-order chi connectivity index (χ1) is 8.37. The van der Waals surface area contributed by atoms with Crippen LogP contribution in [0.15, 0.2) is 0 Å². The number of carboxylic acid groups (broad SMARTS) is 1. The maximum Gasteiger partial charge on any atom is 0.329 e. The number of rotatable bonds is 5. The summed E-state index contributed by atoms with van der Waals surface area (Å²) in [5, 5.41) is 14.1. The number of urea groups is 1. The Morgan fingerprint density at radius 2 is 1.94 bits per heavy atom. The molecule has 0 aromatic carbocycles. The fraction of sp³-hybridized carbons (Fsp3) is 0.818. The van der Waals surface area contributed by atoms with E-state index in [9.17, 15) is 18.9 Å². The molecule has 6 nitrogen and oxygen atoms in total. The fourth-order valence-corrected chi connectivity index (χ4v) is 2.30. The monoisotopic (exact) mass is 276 g/mol. The molecule has 3 N–H and O–H groups in total. The Labute approximate surface area is 109 Å². The van der Waals surface area contributed by atoms with Crippen LogP contribution in [0.1, 0.15) is 32.6 Å². The largest absolute Gasteiger partial charge is 0.480 e. The van der Waals surface area contributed by atoms with Crippen molar-refractivity contribution in [3.05, 3.63) is 0 Å². The maximum absolute atomic E-state index is 11.7. The SMILES string of the molecule is CC(CNC(=O)NC1(C(=O)O)CCCC1)S(C)=O. The number of aliphatic carboxylic acids is 1. The topological polar surface area (TPSA) is 95.5 Å². The Morgan fingerprint density at radius 3 is 2.39 bits per heavy atom. The van der Waals surface area contributed by atoms with Crippen LogP contribution in [0.4, 0.5) is 4.79 Å². The van der Waals surface area contributed by atoms with Crippen molar-refractivity contribution in [1.29, 1.82) is 0 Å². The van der Waals surface area contributed by atoms with Gasteiger partial charge in [0.15, 0.2) is 0 Å². The first kappa shape index (κ1) is 14.9. The molecule has 0 saturated heterocycles. The summed E-state index contributed by atoms with van der Waals surface area (Å²) in [6.45, 7) is 2.03. The summed E-state index contributed by atoms with van der Waals surface area (Å²) in [6, 6.07) is -0.503. The standard InChI is InChI=1S/C11H20N2O4S/c1-8(18(2)17)7-12-10(16)13-11(9(14)15)5-3-4-6-11/h8H,3-7H2,1-2H3,(H,14,15)(H2,12,13,16). The molecule has 7 heteroatoms. The number of carbonyl (C=O) groups is 2. The van der Waals surface area contributed by atoms with E-state index in [-0.39, 0.29) is 11.8 Å². The van der Waals surface area contributed by atoms with Crippen molar-refractivity contribution in [2.24, 2.45) is 0 Å². The molecule has 2 unspecified atom stereocenters. The second kappa shape index (κ2) is 6.17. The van der Waals surface area contributed by atoms with E-state index in [1.54, 1.807) is 13.2 Å². The van der Waals surface area contributed by atoms with Gasteiger partial charge in [-0.25, -0.2) is 9.59 Å². The molecule has 0 bridgehead atoms. The summed E-state index contributed by atoms with van der Waals surface area (Å²) < 4.78 is 11.1. The third-order valence-electron chi connectivity index (χ3n) is 3.34. The summed E-state index contributed by atoms with van der Waals surface area (Å²) in [6.07, 6.45) is 4.11. The van der Waals surface area contributed by atoms with Crippen LogP contribution in [0.2, 0.25) is 0 Å². The van der Waals surface area contributed by atoms with Crippen molar-refractivity contribution in [1.82, 2.24) is 10.6 Å². The van der Waals surface area contributed by atoms with Gasteiger partial charge in [-0.1, -0.05) is 12.8 Å². The number of carbonyl (C=O) groups excluding carboxylic acids is 1. The molecule has 0 spiro atoms. The highest BCUT2D eigenvalue weighted by atomic mass is 32.2. The average molecular weight is 276 g/mol. The second-order valence-corrected chi connectivity index (χ2v) is 6.54. The van der Waals surface area contributed by atoms with Crippen molar-refractivity contribution in [2.45, 2.75) is 43.4 Å². The zero-order valence-electron chi connectivity index (χ0n) is 10.7. The number of nitrogens with one attached hydrogen (secondary N) is 2. The second-order valence-electron chi connectivity index (χ2n) is 4.74. The molecule has 2 amide bonds. The van der Waals surface area contributed by atoms with Crippen LogP contribution in [-0.2, 0) is 15.6 Å². The zero-order valence-corrected chi connectivity index (χ0v) is 11.5. The third-order valence-corrected chi connectivity index (χ3v) is 4.64. The van der Waals surface area contributed by atoms with Crippen LogP contribution in [-0.4, -0.2) is 44.9 Å². The first-order valence-corrected chi connectivity index (χ1v) is 7.61. The highest BCUT2D eigenvalue weighted by Crippen LogP contribution is 2.29. The van der Waals surface area contributed by atoms with E-state index in [0.717, 1.165) is 12.8 Å². The van der Waals surface area contributed by atoms with E-state index in [1.807, 2.05) is 0 Å². The average Bonchev–Trinajstić information content (AvgIpc) is 2.75. The van der Waals surface area contributed by atoms with Gasteiger partial charge in [0.2, 0.25) is 0 Å². The molecule has 2 atom stereocenters. The lowest BCUT2D eigenvalue weighted by Crippen LogP contribution is -2.56. The lowest BCUT2D eigenvalue weighted by atomic mass is 9.98. The van der Waals surface area contributed by atoms with Crippen LogP contribution in [0.3, 0.4) is 0 Å². The van der Waals surface area contributed by atoms with Gasteiger partial charge in [0.05, 0.1) is 0 Å². The number of hydrogen-bond donors (Lipinski definition) is 3. The molecule has 1 aliphatic carbocycles. The summed E-state index contributed by atoms with van der Waals surface area (Å²) in [7, 11) is -1.01. The molecule has 1 saturated carbocycles. The van der Waals surface area contributed by atoms with Gasteiger partial charge < -0.3 is 15.7 Å². The Bertz CT molecular complexity index is 353. The van der Waals surface area contributed by atoms with Gasteiger partial charge in [-0.15, -0.1) is 0 Å². The van der Waals surface area contributed by atoms with Gasteiger partial charge in [-0.3, -0.25) is 4.21 Å². The van der Waals surface area contributed by atoms with Gasteiger partial charge in [-0.05, 0) is 19.8 Å². The fourth-order valence-electron chi connectivity index (χ4n) is 1.99. The van der Waals surface area contributed by atoms with Crippen LogP contribution in [0, 0.1) is 0 Å². The molecule has 18 heavy (non-hydrogen) atoms. The molecular formula is C11H20N2O4S. The van der Waals surface area contributed by atoms with Crippen LogP contribution in [0.5, 0.6) is 0 Å². The van der Waals surface area contributed by atoms with Crippen molar-refractivity contribution in [2.75, 3.05) is 12.8 Å². The van der Waals surface area contributed by atoms with Crippen LogP contribution in [0.25, 0.3) is 0 Å². The van der Waals surface area contributed by atoms with Gasteiger partial charge in [0.1, 0.15) is 5.54 Å². The van der Waals surface area contributed by atoms with E-state index < -0.39 is 28.3 Å². The molecule has 1 aliphatic rings. The van der Waals surface area contributed by atoms with Crippen LogP contribution < -0.4 is 10.6 Å². The first-order valence-electron chi connectivity index (χ1n) is 5.99. The highest BCUT2D eigenvalue weighted by Gasteiger charge is 2.42. The summed E-state index contributed by atoms with van der Waals surface area (Å²) >= 11 is 0. The number of amides is 2. The maximum atomic E-state index is 11.7. The molecule has 0 aromatic heterocycles. The van der Waals surface area contributed by atoms with E-state index in [4.69, 9.17) is 0 Å². The molecular weight excluding hydrogens is 256 g/mol. The van der Waals surface area contributed by atoms with Gasteiger partial charge in [0, 0.05) is 28.9 Å². The van der Waals surface area contributed by atoms with Crippen molar-refractivity contribution < 1.29 is 18.9 Å². The summed E-state index contributed by atoms with van der Waals surface area (Å²) in [5.41, 5.74) is -1.13. The normalized spacial score (nSPS) is 21.0. The third kappa shape index (κ3) is 3.69. The Hall–Kier alpha value is -1.11. The lowest BCUT2D eigenvalue weighted by Gasteiger charge is -2.25. The Kier molecular flexibility index (Phi) is 5.13. The smallest absolute Gasteiger partial charge is 0.329 e. The lowest BCUT2D eigenvalue weighted by molar-refractivity contribution is -0.144. The van der Waals surface area contributed by atoms with Crippen molar-refractivity contribution in [3.8, 4) is 0 Å². The Balaban J connectivity index is 2.48. The molecule has 1 rings (SSSR count). The molecule has 104 valence electrons. The summed E-state index contributed by atoms with van der Waals surface area (Å²) in [4.78, 5) is 22.9. The zero-order chi connectivity index (χ0) is 13.8. The molecule has 0 aromatic rings. The Morgan fingerprint density at radius 1 is 1.39 bits per heavy atom. The van der Waals surface area contributed by atoms with E-state index in [0.29, 0.717) is 12.8 Å². The number of carboxylic acids is 1. The predicted molar refractivity (Wildman–Crippen MR) is 68.9 cm³/mol. The van der Waals surface area contributed by atoms with Crippen molar-refractivity contribution in [3.63, 3.8) is 0 Å². The van der Waals surface area contributed by atoms with Crippen molar-refractivity contribution >= 4 is 22.8 Å². The molecule has 0 radical (unpaired) electrons. The van der Waals surface area contributed by atoms with E-state index in [1.165, 1.54) is 0 Å². The molecule has 0 aliphatic heterocycles. The molecule has 1 fully saturated rings. The minimum Gasteiger partial charge on any atom is -0.480 e. The van der Waals surface area contributed by atoms with E-state index in [2.05, 4.69) is 10.6 Å². The quantitative estimate of drug-likeness (QED) is 0.679.